The number of benzene rings is 1. The maximum absolute atomic E-state index is 12.9. The minimum Gasteiger partial charge on any atom is -0.376 e. The van der Waals surface area contributed by atoms with E-state index in [0.29, 0.717) is 24.5 Å². The summed E-state index contributed by atoms with van der Waals surface area (Å²) in [6.45, 7) is 4.98. The highest BCUT2D eigenvalue weighted by molar-refractivity contribution is 5.85. The first-order valence-electron chi connectivity index (χ1n) is 9.43. The van der Waals surface area contributed by atoms with Crippen molar-refractivity contribution in [3.8, 4) is 0 Å². The number of hydrazine groups is 1. The maximum Gasteiger partial charge on any atom is 0.241 e. The Labute approximate surface area is 161 Å². The average molecular weight is 381 g/mol. The van der Waals surface area contributed by atoms with Crippen LogP contribution in [0.25, 0.3) is 0 Å². The molecule has 1 amide bonds. The molecule has 6 nitrogen and oxygen atoms in total. The minimum atomic E-state index is -0.0956. The molecule has 0 spiro atoms. The summed E-state index contributed by atoms with van der Waals surface area (Å²) in [6, 6.07) is 10.6. The second-order valence-electron chi connectivity index (χ2n) is 7.47. The van der Waals surface area contributed by atoms with Gasteiger partial charge < -0.3 is 15.0 Å². The Kier molecular flexibility index (Phi) is 6.89. The Balaban J connectivity index is 0.00000196. The van der Waals surface area contributed by atoms with Crippen LogP contribution in [-0.2, 0) is 16.1 Å². The lowest BCUT2D eigenvalue weighted by Gasteiger charge is -2.29. The van der Waals surface area contributed by atoms with Crippen LogP contribution in [0.1, 0.15) is 18.4 Å². The van der Waals surface area contributed by atoms with Crippen molar-refractivity contribution in [2.75, 3.05) is 32.8 Å². The van der Waals surface area contributed by atoms with Gasteiger partial charge in [-0.3, -0.25) is 10.2 Å². The SMILES string of the molecule is Cl.O=C(C1NNC2CCNCC21)N1CCC(COCc2ccccc2)C1. The molecule has 4 unspecified atom stereocenters. The van der Waals surface area contributed by atoms with Crippen molar-refractivity contribution in [1.82, 2.24) is 21.1 Å². The van der Waals surface area contributed by atoms with Gasteiger partial charge in [-0.2, -0.15) is 0 Å². The standard InChI is InChI=1S/C19H28N4O2.ClH/c24-19(18-16-10-20-8-6-17(16)21-22-18)23-9-7-15(11-23)13-25-12-14-4-2-1-3-5-14;/h1-5,15-18,20-22H,6-13H2;1H. The molecule has 3 N–H and O–H groups in total. The molecule has 3 aliphatic heterocycles. The predicted molar refractivity (Wildman–Crippen MR) is 103 cm³/mol. The molecule has 4 rings (SSSR count). The van der Waals surface area contributed by atoms with Gasteiger partial charge in [0.2, 0.25) is 5.91 Å². The van der Waals surface area contributed by atoms with E-state index >= 15 is 0 Å². The van der Waals surface area contributed by atoms with Crippen LogP contribution in [0.4, 0.5) is 0 Å². The number of rotatable bonds is 5. The molecule has 3 saturated heterocycles. The maximum atomic E-state index is 12.9. The number of hydrogen-bond acceptors (Lipinski definition) is 5. The number of likely N-dealkylation sites (tertiary alicyclic amines) is 1. The normalized spacial score (nSPS) is 30.7. The lowest BCUT2D eigenvalue weighted by molar-refractivity contribution is -0.133. The number of nitrogens with one attached hydrogen (secondary N) is 3. The summed E-state index contributed by atoms with van der Waals surface area (Å²) < 4.78 is 5.87. The topological polar surface area (TPSA) is 65.6 Å². The summed E-state index contributed by atoms with van der Waals surface area (Å²) in [5.41, 5.74) is 7.76. The Bertz CT molecular complexity index is 588. The van der Waals surface area contributed by atoms with Crippen molar-refractivity contribution in [2.24, 2.45) is 11.8 Å². The van der Waals surface area contributed by atoms with Crippen LogP contribution in [-0.4, -0.2) is 55.7 Å². The molecular weight excluding hydrogens is 352 g/mol. The molecule has 0 saturated carbocycles. The zero-order valence-electron chi connectivity index (χ0n) is 15.0. The number of fused-ring (bicyclic) bond motifs is 1. The van der Waals surface area contributed by atoms with Gasteiger partial charge in [0, 0.05) is 37.5 Å². The number of piperidine rings is 1. The Morgan fingerprint density at radius 3 is 2.88 bits per heavy atom. The highest BCUT2D eigenvalue weighted by atomic mass is 35.5. The van der Waals surface area contributed by atoms with Crippen molar-refractivity contribution in [1.29, 1.82) is 0 Å². The number of halogens is 1. The van der Waals surface area contributed by atoms with Crippen LogP contribution in [0.15, 0.2) is 30.3 Å². The fourth-order valence-electron chi connectivity index (χ4n) is 4.24. The monoisotopic (exact) mass is 380 g/mol. The van der Waals surface area contributed by atoms with E-state index < -0.39 is 0 Å². The third-order valence-corrected chi connectivity index (χ3v) is 5.71. The lowest BCUT2D eigenvalue weighted by Crippen LogP contribution is -2.50. The summed E-state index contributed by atoms with van der Waals surface area (Å²) in [7, 11) is 0. The summed E-state index contributed by atoms with van der Waals surface area (Å²) in [6.07, 6.45) is 2.12. The molecule has 7 heteroatoms. The molecule has 1 aromatic rings. The van der Waals surface area contributed by atoms with Crippen LogP contribution >= 0.6 is 12.4 Å². The van der Waals surface area contributed by atoms with Crippen LogP contribution in [0.2, 0.25) is 0 Å². The van der Waals surface area contributed by atoms with E-state index in [1.807, 2.05) is 23.1 Å². The summed E-state index contributed by atoms with van der Waals surface area (Å²) in [5.74, 6) is 1.05. The Morgan fingerprint density at radius 2 is 2.04 bits per heavy atom. The fraction of sp³-hybridized carbons (Fsp3) is 0.632. The molecule has 0 radical (unpaired) electrons. The van der Waals surface area contributed by atoms with Crippen molar-refractivity contribution < 1.29 is 9.53 Å². The zero-order chi connectivity index (χ0) is 17.1. The first kappa shape index (κ1) is 19.6. The van der Waals surface area contributed by atoms with Gasteiger partial charge in [0.1, 0.15) is 6.04 Å². The second kappa shape index (κ2) is 9.15. The van der Waals surface area contributed by atoms with Crippen LogP contribution in [0, 0.1) is 11.8 Å². The highest BCUT2D eigenvalue weighted by Crippen LogP contribution is 2.24. The van der Waals surface area contributed by atoms with Gasteiger partial charge in [0.15, 0.2) is 0 Å². The summed E-state index contributed by atoms with van der Waals surface area (Å²) >= 11 is 0. The molecule has 4 atom stereocenters. The lowest BCUT2D eigenvalue weighted by atomic mass is 9.89. The molecule has 0 aliphatic carbocycles. The minimum absolute atomic E-state index is 0. The van der Waals surface area contributed by atoms with E-state index in [2.05, 4.69) is 28.3 Å². The van der Waals surface area contributed by atoms with E-state index in [1.54, 1.807) is 0 Å². The fourth-order valence-corrected chi connectivity index (χ4v) is 4.24. The second-order valence-corrected chi connectivity index (χ2v) is 7.47. The van der Waals surface area contributed by atoms with Gasteiger partial charge in [-0.15, -0.1) is 12.4 Å². The van der Waals surface area contributed by atoms with Gasteiger partial charge in [-0.05, 0) is 24.9 Å². The first-order chi connectivity index (χ1) is 12.3. The molecule has 0 aromatic heterocycles. The van der Waals surface area contributed by atoms with Crippen molar-refractivity contribution in [3.63, 3.8) is 0 Å². The Morgan fingerprint density at radius 1 is 1.19 bits per heavy atom. The van der Waals surface area contributed by atoms with E-state index in [4.69, 9.17) is 4.74 Å². The van der Waals surface area contributed by atoms with E-state index in [0.717, 1.165) is 45.6 Å². The zero-order valence-corrected chi connectivity index (χ0v) is 15.8. The molecule has 1 aromatic carbocycles. The average Bonchev–Trinajstić information content (AvgIpc) is 3.29. The third kappa shape index (κ3) is 4.38. The van der Waals surface area contributed by atoms with Crippen molar-refractivity contribution in [2.45, 2.75) is 31.5 Å². The van der Waals surface area contributed by atoms with E-state index in [1.165, 1.54) is 5.56 Å². The van der Waals surface area contributed by atoms with Gasteiger partial charge >= 0.3 is 0 Å². The summed E-state index contributed by atoms with van der Waals surface area (Å²) in [4.78, 5) is 14.9. The van der Waals surface area contributed by atoms with Crippen LogP contribution < -0.4 is 16.2 Å². The number of hydrogen-bond donors (Lipinski definition) is 3. The molecule has 3 aliphatic rings. The number of nitrogens with zero attached hydrogens (tertiary/aromatic N) is 1. The van der Waals surface area contributed by atoms with Gasteiger partial charge in [-0.25, -0.2) is 5.43 Å². The van der Waals surface area contributed by atoms with Crippen molar-refractivity contribution >= 4 is 18.3 Å². The van der Waals surface area contributed by atoms with Crippen molar-refractivity contribution in [3.05, 3.63) is 35.9 Å². The van der Waals surface area contributed by atoms with Crippen LogP contribution in [0.3, 0.4) is 0 Å². The number of amides is 1. The molecule has 3 fully saturated rings. The predicted octanol–water partition coefficient (Wildman–Crippen LogP) is 0.928. The quantitative estimate of drug-likeness (QED) is 0.709. The van der Waals surface area contributed by atoms with Crippen LogP contribution in [0.5, 0.6) is 0 Å². The largest absolute Gasteiger partial charge is 0.376 e. The van der Waals surface area contributed by atoms with E-state index in [-0.39, 0.29) is 24.4 Å². The molecule has 144 valence electrons. The number of carbonyl (C=O) groups excluding carboxylic acids is 1. The van der Waals surface area contributed by atoms with Gasteiger partial charge in [-0.1, -0.05) is 30.3 Å². The highest BCUT2D eigenvalue weighted by Gasteiger charge is 2.43. The number of ether oxygens (including phenoxy) is 1. The first-order valence-corrected chi connectivity index (χ1v) is 9.43. The van der Waals surface area contributed by atoms with Gasteiger partial charge in [0.25, 0.3) is 0 Å². The Hall–Kier alpha value is -1.18. The summed E-state index contributed by atoms with van der Waals surface area (Å²) in [5, 5.41) is 3.41. The van der Waals surface area contributed by atoms with Gasteiger partial charge in [0.05, 0.1) is 13.2 Å². The number of carbonyl (C=O) groups is 1. The molecule has 3 heterocycles. The van der Waals surface area contributed by atoms with E-state index in [9.17, 15) is 4.79 Å². The molecule has 0 bridgehead atoms. The smallest absolute Gasteiger partial charge is 0.241 e. The third-order valence-electron chi connectivity index (χ3n) is 5.71. The molecule has 26 heavy (non-hydrogen) atoms. The molecular formula is C19H29ClN4O2.